The van der Waals surface area contributed by atoms with Crippen molar-refractivity contribution in [1.82, 2.24) is 14.8 Å². The van der Waals surface area contributed by atoms with E-state index in [1.807, 2.05) is 0 Å². The monoisotopic (exact) mass is 530 g/mol. The number of benzene rings is 1. The van der Waals surface area contributed by atoms with Crippen molar-refractivity contribution in [3.05, 3.63) is 46.9 Å². The van der Waals surface area contributed by atoms with Crippen molar-refractivity contribution in [2.75, 3.05) is 18.2 Å². The lowest BCUT2D eigenvalue weighted by Gasteiger charge is -2.21. The van der Waals surface area contributed by atoms with E-state index in [4.69, 9.17) is 4.74 Å². The number of nitrogens with one attached hydrogen (secondary N) is 1. The third-order valence-electron chi connectivity index (χ3n) is 6.53. The van der Waals surface area contributed by atoms with Crippen molar-refractivity contribution < 1.29 is 18.7 Å². The average Bonchev–Trinajstić information content (AvgIpc) is 3.50. The van der Waals surface area contributed by atoms with Crippen molar-refractivity contribution in [3.8, 4) is 11.1 Å². The zero-order valence-electron chi connectivity index (χ0n) is 20.6. The second-order valence-corrected chi connectivity index (χ2v) is 10.7. The van der Waals surface area contributed by atoms with E-state index in [2.05, 4.69) is 27.0 Å². The number of nitrogens with zero attached hydrogens (tertiary/aromatic N) is 3. The van der Waals surface area contributed by atoms with Gasteiger partial charge in [-0.3, -0.25) is 4.79 Å². The number of esters is 1. The number of amides is 1. The second kappa shape index (κ2) is 12.5. The van der Waals surface area contributed by atoms with Crippen LogP contribution in [0.4, 0.5) is 9.39 Å². The van der Waals surface area contributed by atoms with Gasteiger partial charge in [-0.15, -0.1) is 21.5 Å². The number of thiophene rings is 1. The standard InChI is InChI=1S/C26H31FN4O3S2/c1-3-31-21(14-9-17-7-5-4-6-8-17)29-30-26(31)36-16-22(32)28-24-23(25(33)34-2)20(15-35-24)18-10-12-19(27)13-11-18/h10-13,15,17H,3-9,14,16H2,1-2H3,(H,28,32). The Morgan fingerprint density at radius 2 is 1.94 bits per heavy atom. The number of hydrogen-bond acceptors (Lipinski definition) is 7. The largest absolute Gasteiger partial charge is 0.465 e. The molecule has 3 aromatic rings. The van der Waals surface area contributed by atoms with E-state index in [0.717, 1.165) is 36.3 Å². The molecule has 0 atom stereocenters. The van der Waals surface area contributed by atoms with Gasteiger partial charge in [-0.25, -0.2) is 9.18 Å². The minimum atomic E-state index is -0.563. The number of carbonyl (C=O) groups excluding carboxylic acids is 2. The highest BCUT2D eigenvalue weighted by atomic mass is 32.2. The molecule has 0 unspecified atom stereocenters. The third-order valence-corrected chi connectivity index (χ3v) is 8.39. The Labute approximate surface area is 218 Å². The molecule has 2 aromatic heterocycles. The first kappa shape index (κ1) is 26.3. The van der Waals surface area contributed by atoms with Crippen LogP contribution in [-0.4, -0.2) is 39.5 Å². The van der Waals surface area contributed by atoms with Gasteiger partial charge in [-0.1, -0.05) is 56.0 Å². The Morgan fingerprint density at radius 3 is 2.64 bits per heavy atom. The van der Waals surface area contributed by atoms with Gasteiger partial charge in [0.1, 0.15) is 22.2 Å². The van der Waals surface area contributed by atoms with Gasteiger partial charge in [0.2, 0.25) is 5.91 Å². The van der Waals surface area contributed by atoms with E-state index in [1.54, 1.807) is 17.5 Å². The van der Waals surface area contributed by atoms with Crippen LogP contribution in [0.15, 0.2) is 34.8 Å². The van der Waals surface area contributed by atoms with E-state index in [0.29, 0.717) is 16.1 Å². The topological polar surface area (TPSA) is 86.1 Å². The SMILES string of the molecule is CCn1c(CCC2CCCCC2)nnc1SCC(=O)Nc1scc(-c2ccc(F)cc2)c1C(=O)OC. The van der Waals surface area contributed by atoms with Crippen molar-refractivity contribution in [3.63, 3.8) is 0 Å². The van der Waals surface area contributed by atoms with Gasteiger partial charge in [0, 0.05) is 23.9 Å². The third kappa shape index (κ3) is 6.34. The Hall–Kier alpha value is -2.72. The highest BCUT2D eigenvalue weighted by Crippen LogP contribution is 2.36. The highest BCUT2D eigenvalue weighted by Gasteiger charge is 2.23. The van der Waals surface area contributed by atoms with Crippen LogP contribution in [0.5, 0.6) is 0 Å². The number of ether oxygens (including phenoxy) is 1. The van der Waals surface area contributed by atoms with Gasteiger partial charge in [-0.05, 0) is 37.0 Å². The molecule has 36 heavy (non-hydrogen) atoms. The summed E-state index contributed by atoms with van der Waals surface area (Å²) in [7, 11) is 1.29. The summed E-state index contributed by atoms with van der Waals surface area (Å²) in [6.07, 6.45) is 8.66. The number of methoxy groups -OCH3 is 1. The van der Waals surface area contributed by atoms with E-state index < -0.39 is 5.97 Å². The number of aromatic nitrogens is 3. The first-order chi connectivity index (χ1) is 17.5. The predicted octanol–water partition coefficient (Wildman–Crippen LogP) is 6.20. The lowest BCUT2D eigenvalue weighted by molar-refractivity contribution is -0.113. The number of rotatable bonds is 10. The molecule has 0 spiro atoms. The first-order valence-electron chi connectivity index (χ1n) is 12.3. The summed E-state index contributed by atoms with van der Waals surface area (Å²) in [6, 6.07) is 5.84. The highest BCUT2D eigenvalue weighted by molar-refractivity contribution is 7.99. The van der Waals surface area contributed by atoms with Crippen molar-refractivity contribution >= 4 is 40.0 Å². The summed E-state index contributed by atoms with van der Waals surface area (Å²) >= 11 is 2.56. The quantitative estimate of drug-likeness (QED) is 0.248. The molecule has 0 bridgehead atoms. The van der Waals surface area contributed by atoms with Crippen molar-refractivity contribution in [1.29, 1.82) is 0 Å². The van der Waals surface area contributed by atoms with E-state index in [-0.39, 0.29) is 23.0 Å². The number of aryl methyl sites for hydroxylation is 1. The molecule has 1 N–H and O–H groups in total. The van der Waals surface area contributed by atoms with Gasteiger partial charge in [0.15, 0.2) is 5.16 Å². The maximum atomic E-state index is 13.4. The zero-order valence-corrected chi connectivity index (χ0v) is 22.2. The maximum Gasteiger partial charge on any atom is 0.341 e. The van der Waals surface area contributed by atoms with E-state index >= 15 is 0 Å². The molecule has 4 rings (SSSR count). The number of carbonyl (C=O) groups is 2. The summed E-state index contributed by atoms with van der Waals surface area (Å²) in [5.41, 5.74) is 1.51. The van der Waals surface area contributed by atoms with Crippen molar-refractivity contribution in [2.24, 2.45) is 5.92 Å². The fourth-order valence-electron chi connectivity index (χ4n) is 4.63. The molecule has 0 aliphatic heterocycles. The maximum absolute atomic E-state index is 13.4. The lowest BCUT2D eigenvalue weighted by Crippen LogP contribution is -2.16. The molecular weight excluding hydrogens is 499 g/mol. The molecule has 10 heteroatoms. The smallest absolute Gasteiger partial charge is 0.341 e. The number of thioether (sulfide) groups is 1. The normalized spacial score (nSPS) is 14.1. The first-order valence-corrected chi connectivity index (χ1v) is 14.2. The van der Waals surface area contributed by atoms with E-state index in [9.17, 15) is 14.0 Å². The van der Waals surface area contributed by atoms with Gasteiger partial charge >= 0.3 is 5.97 Å². The fourth-order valence-corrected chi connectivity index (χ4v) is 6.42. The van der Waals surface area contributed by atoms with Gasteiger partial charge in [0.25, 0.3) is 0 Å². The molecule has 1 aromatic carbocycles. The summed E-state index contributed by atoms with van der Waals surface area (Å²) < 4.78 is 20.4. The van der Waals surface area contributed by atoms with Crippen LogP contribution < -0.4 is 5.32 Å². The van der Waals surface area contributed by atoms with Crippen molar-refractivity contribution in [2.45, 2.75) is 63.6 Å². The fraction of sp³-hybridized carbons (Fsp3) is 0.462. The molecule has 1 fully saturated rings. The molecule has 192 valence electrons. The molecule has 1 saturated carbocycles. The molecule has 0 saturated heterocycles. The summed E-state index contributed by atoms with van der Waals surface area (Å²) in [6.45, 7) is 2.80. The second-order valence-electron chi connectivity index (χ2n) is 8.87. The summed E-state index contributed by atoms with van der Waals surface area (Å²) in [4.78, 5) is 25.3. The Morgan fingerprint density at radius 1 is 1.19 bits per heavy atom. The Balaban J connectivity index is 1.40. The number of halogens is 1. The minimum Gasteiger partial charge on any atom is -0.465 e. The molecule has 0 radical (unpaired) electrons. The summed E-state index contributed by atoms with van der Waals surface area (Å²) in [5, 5.41) is 14.4. The molecular formula is C26H31FN4O3S2. The van der Waals surface area contributed by atoms with Crippen LogP contribution in [-0.2, 0) is 22.5 Å². The molecule has 2 heterocycles. The molecule has 1 aliphatic carbocycles. The van der Waals surface area contributed by atoms with Crippen LogP contribution in [0, 0.1) is 11.7 Å². The van der Waals surface area contributed by atoms with Crippen LogP contribution in [0.25, 0.3) is 11.1 Å². The minimum absolute atomic E-state index is 0.130. The number of hydrogen-bond donors (Lipinski definition) is 1. The molecule has 1 amide bonds. The summed E-state index contributed by atoms with van der Waals surface area (Å²) in [5.74, 6) is 0.694. The Bertz CT molecular complexity index is 1190. The van der Waals surface area contributed by atoms with Crippen LogP contribution in [0.3, 0.4) is 0 Å². The predicted molar refractivity (Wildman–Crippen MR) is 141 cm³/mol. The molecule has 7 nitrogen and oxygen atoms in total. The Kier molecular flexibility index (Phi) is 9.14. The van der Waals surface area contributed by atoms with E-state index in [1.165, 1.54) is 74.4 Å². The van der Waals surface area contributed by atoms with Crippen LogP contribution in [0.2, 0.25) is 0 Å². The number of anilines is 1. The lowest BCUT2D eigenvalue weighted by atomic mass is 9.86. The molecule has 1 aliphatic rings. The van der Waals surface area contributed by atoms with Gasteiger partial charge in [0.05, 0.1) is 12.9 Å². The van der Waals surface area contributed by atoms with Crippen LogP contribution in [0.1, 0.15) is 61.6 Å². The average molecular weight is 531 g/mol. The van der Waals surface area contributed by atoms with Gasteiger partial charge in [-0.2, -0.15) is 0 Å². The van der Waals surface area contributed by atoms with Gasteiger partial charge < -0.3 is 14.6 Å². The zero-order chi connectivity index (χ0) is 25.5. The van der Waals surface area contributed by atoms with Crippen LogP contribution >= 0.6 is 23.1 Å².